The third-order valence-electron chi connectivity index (χ3n) is 11.0. The fraction of sp³-hybridized carbons (Fsp3) is 0.964. The van der Waals surface area contributed by atoms with Crippen molar-refractivity contribution < 1.29 is 0 Å². The first kappa shape index (κ1) is 21.7. The molecule has 1 nitrogen and oxygen atoms in total. The molecule has 0 bridgehead atoms. The van der Waals surface area contributed by atoms with Gasteiger partial charge < -0.3 is 0 Å². The Hall–Kier alpha value is -0.510. The minimum absolute atomic E-state index is 0.348. The van der Waals surface area contributed by atoms with Gasteiger partial charge >= 0.3 is 0 Å². The van der Waals surface area contributed by atoms with Gasteiger partial charge in [-0.25, -0.2) is 0 Å². The maximum Gasteiger partial charge on any atom is 0.0655 e. The zero-order valence-electron chi connectivity index (χ0n) is 20.1. The first-order valence-corrected chi connectivity index (χ1v) is 13.2. The normalized spacial score (nSPS) is 47.8. The highest BCUT2D eigenvalue weighted by Crippen LogP contribution is 2.68. The Kier molecular flexibility index (Phi) is 6.14. The largest absolute Gasteiger partial charge is 0.198 e. The maximum atomic E-state index is 9.48. The molecule has 0 aliphatic heterocycles. The van der Waals surface area contributed by atoms with E-state index in [-0.39, 0.29) is 0 Å². The monoisotopic (exact) mass is 397 g/mol. The molecule has 4 saturated carbocycles. The van der Waals surface area contributed by atoms with Crippen LogP contribution in [0.4, 0.5) is 0 Å². The zero-order chi connectivity index (χ0) is 20.8. The average molecular weight is 398 g/mol. The Balaban J connectivity index is 1.46. The van der Waals surface area contributed by atoms with E-state index in [0.717, 1.165) is 41.4 Å². The molecule has 1 heteroatoms. The van der Waals surface area contributed by atoms with E-state index in [4.69, 9.17) is 0 Å². The van der Waals surface area contributed by atoms with E-state index in [0.29, 0.717) is 16.7 Å². The predicted molar refractivity (Wildman–Crippen MR) is 122 cm³/mol. The summed E-state index contributed by atoms with van der Waals surface area (Å²) in [5.41, 5.74) is 1.16. The molecule has 2 unspecified atom stereocenters. The lowest BCUT2D eigenvalue weighted by Gasteiger charge is -2.61. The molecular weight excluding hydrogens is 350 g/mol. The molecule has 0 saturated heterocycles. The molecule has 164 valence electrons. The van der Waals surface area contributed by atoms with E-state index >= 15 is 0 Å². The molecule has 0 aromatic rings. The summed E-state index contributed by atoms with van der Waals surface area (Å²) in [6.07, 6.45) is 16.9. The summed E-state index contributed by atoms with van der Waals surface area (Å²) in [4.78, 5) is 0. The predicted octanol–water partition coefficient (Wildman–Crippen LogP) is 8.25. The number of nitrogens with zero attached hydrogens (tertiary/aromatic N) is 1. The Morgan fingerprint density at radius 1 is 0.862 bits per heavy atom. The zero-order valence-corrected chi connectivity index (χ0v) is 20.1. The SMILES string of the molecule is CC(C)CCC[C@@H](C)[C@H]1CC[C@H]2[C@@H]3CCC4CC(C#N)CC[C@]4(C)[C@H]3CC[C@]12C. The van der Waals surface area contributed by atoms with Crippen LogP contribution >= 0.6 is 0 Å². The number of nitriles is 1. The molecule has 0 radical (unpaired) electrons. The van der Waals surface area contributed by atoms with Crippen molar-refractivity contribution >= 4 is 0 Å². The molecule has 0 spiro atoms. The summed E-state index contributed by atoms with van der Waals surface area (Å²) in [5.74, 6) is 6.86. The quantitative estimate of drug-likeness (QED) is 0.458. The molecule has 0 amide bonds. The van der Waals surface area contributed by atoms with Crippen molar-refractivity contribution in [2.24, 2.45) is 58.2 Å². The molecule has 4 aliphatic carbocycles. The molecule has 29 heavy (non-hydrogen) atoms. The molecule has 0 aromatic heterocycles. The van der Waals surface area contributed by atoms with Crippen molar-refractivity contribution in [2.75, 3.05) is 0 Å². The van der Waals surface area contributed by atoms with E-state index in [2.05, 4.69) is 40.7 Å². The first-order valence-electron chi connectivity index (χ1n) is 13.2. The van der Waals surface area contributed by atoms with Crippen LogP contribution in [0.25, 0.3) is 0 Å². The molecule has 0 aromatic carbocycles. The molecule has 4 aliphatic rings. The lowest BCUT2D eigenvalue weighted by atomic mass is 9.44. The molecule has 4 rings (SSSR count). The lowest BCUT2D eigenvalue weighted by molar-refractivity contribution is -0.118. The Bertz CT molecular complexity index is 616. The fourth-order valence-corrected chi connectivity index (χ4v) is 9.40. The van der Waals surface area contributed by atoms with E-state index in [1.54, 1.807) is 0 Å². The van der Waals surface area contributed by atoms with Crippen molar-refractivity contribution in [2.45, 2.75) is 112 Å². The Morgan fingerprint density at radius 2 is 1.59 bits per heavy atom. The minimum Gasteiger partial charge on any atom is -0.198 e. The smallest absolute Gasteiger partial charge is 0.0655 e. The maximum absolute atomic E-state index is 9.48. The van der Waals surface area contributed by atoms with Crippen LogP contribution in [0.15, 0.2) is 0 Å². The van der Waals surface area contributed by atoms with Crippen molar-refractivity contribution in [3.63, 3.8) is 0 Å². The molecule has 0 heterocycles. The van der Waals surface area contributed by atoms with Gasteiger partial charge in [0, 0.05) is 5.92 Å². The number of rotatable bonds is 5. The van der Waals surface area contributed by atoms with Gasteiger partial charge in [-0.1, -0.05) is 53.9 Å². The van der Waals surface area contributed by atoms with Crippen molar-refractivity contribution in [3.8, 4) is 6.07 Å². The number of fused-ring (bicyclic) bond motifs is 5. The second-order valence-electron chi connectivity index (χ2n) is 12.8. The second-order valence-corrected chi connectivity index (χ2v) is 12.8. The van der Waals surface area contributed by atoms with Crippen LogP contribution in [0.1, 0.15) is 112 Å². The van der Waals surface area contributed by atoms with Crippen molar-refractivity contribution in [1.82, 2.24) is 0 Å². The molecule has 9 atom stereocenters. The highest BCUT2D eigenvalue weighted by atomic mass is 14.6. The summed E-state index contributed by atoms with van der Waals surface area (Å²) in [5, 5.41) is 9.48. The summed E-state index contributed by atoms with van der Waals surface area (Å²) in [6.45, 7) is 12.7. The van der Waals surface area contributed by atoms with Crippen LogP contribution in [0.3, 0.4) is 0 Å². The summed E-state index contributed by atoms with van der Waals surface area (Å²) < 4.78 is 0. The van der Waals surface area contributed by atoms with Gasteiger partial charge in [0.05, 0.1) is 6.07 Å². The third-order valence-corrected chi connectivity index (χ3v) is 11.0. The van der Waals surface area contributed by atoms with Crippen LogP contribution in [0, 0.1) is 69.5 Å². The topological polar surface area (TPSA) is 23.8 Å². The fourth-order valence-electron chi connectivity index (χ4n) is 9.40. The summed E-state index contributed by atoms with van der Waals surface area (Å²) >= 11 is 0. The Labute approximate surface area is 181 Å². The first-order chi connectivity index (χ1) is 13.8. The van der Waals surface area contributed by atoms with Gasteiger partial charge in [0.2, 0.25) is 0 Å². The van der Waals surface area contributed by atoms with Gasteiger partial charge in [-0.05, 0) is 110 Å². The summed E-state index contributed by atoms with van der Waals surface area (Å²) in [6, 6.07) is 2.61. The van der Waals surface area contributed by atoms with Crippen LogP contribution in [0.2, 0.25) is 0 Å². The van der Waals surface area contributed by atoms with Gasteiger partial charge in [-0.3, -0.25) is 0 Å². The molecule has 0 N–H and O–H groups in total. The lowest BCUT2D eigenvalue weighted by Crippen LogP contribution is -2.53. The molecule has 4 fully saturated rings. The van der Waals surface area contributed by atoms with E-state index in [9.17, 15) is 5.26 Å². The van der Waals surface area contributed by atoms with Gasteiger partial charge in [0.25, 0.3) is 0 Å². The van der Waals surface area contributed by atoms with E-state index in [1.165, 1.54) is 77.0 Å². The Morgan fingerprint density at radius 3 is 2.31 bits per heavy atom. The average Bonchev–Trinajstić information content (AvgIpc) is 3.04. The van der Waals surface area contributed by atoms with Crippen LogP contribution < -0.4 is 0 Å². The van der Waals surface area contributed by atoms with Crippen LogP contribution in [0.5, 0.6) is 0 Å². The van der Waals surface area contributed by atoms with Gasteiger partial charge in [-0.2, -0.15) is 5.26 Å². The highest BCUT2D eigenvalue weighted by Gasteiger charge is 2.60. The number of hydrogen-bond donors (Lipinski definition) is 0. The highest BCUT2D eigenvalue weighted by molar-refractivity contribution is 5.10. The standard InChI is InChI=1S/C28H47N/c1-19(2)7-6-8-20(3)24-11-12-25-23-10-9-22-17-21(18-29)13-15-27(22,4)26(23)14-16-28(24,25)5/h19-26H,6-17H2,1-5H3/t20-,21?,22?,23+,24-,25+,26+,27+,28-/m1/s1. The summed E-state index contributed by atoms with van der Waals surface area (Å²) in [7, 11) is 0. The minimum atomic E-state index is 0.348. The number of hydrogen-bond acceptors (Lipinski definition) is 1. The van der Waals surface area contributed by atoms with Crippen LogP contribution in [-0.4, -0.2) is 0 Å². The van der Waals surface area contributed by atoms with E-state index < -0.39 is 0 Å². The van der Waals surface area contributed by atoms with Crippen LogP contribution in [-0.2, 0) is 0 Å². The third kappa shape index (κ3) is 3.70. The van der Waals surface area contributed by atoms with Gasteiger partial charge in [0.1, 0.15) is 0 Å². The molecular formula is C28H47N. The van der Waals surface area contributed by atoms with Crippen molar-refractivity contribution in [3.05, 3.63) is 0 Å². The van der Waals surface area contributed by atoms with E-state index in [1.807, 2.05) is 0 Å². The van der Waals surface area contributed by atoms with Gasteiger partial charge in [0.15, 0.2) is 0 Å². The van der Waals surface area contributed by atoms with Gasteiger partial charge in [-0.15, -0.1) is 0 Å². The van der Waals surface area contributed by atoms with Crippen molar-refractivity contribution in [1.29, 1.82) is 5.26 Å². The second kappa shape index (κ2) is 8.20.